The molecular weight excluding hydrogens is 240 g/mol. The van der Waals surface area contributed by atoms with Gasteiger partial charge < -0.3 is 16.2 Å². The predicted octanol–water partition coefficient (Wildman–Crippen LogP) is 1.70. The number of amides is 1. The van der Waals surface area contributed by atoms with Crippen LogP contribution in [0.2, 0.25) is 5.02 Å². The van der Waals surface area contributed by atoms with Gasteiger partial charge in [0, 0.05) is 11.1 Å². The topological polar surface area (TPSA) is 78.3 Å². The van der Waals surface area contributed by atoms with Crippen LogP contribution in [0.5, 0.6) is 5.75 Å². The van der Waals surface area contributed by atoms with E-state index in [2.05, 4.69) is 0 Å². The number of hydrogen-bond donors (Lipinski definition) is 2. The summed E-state index contributed by atoms with van der Waals surface area (Å²) >= 11 is 5.88. The first-order valence-corrected chi connectivity index (χ1v) is 5.95. The van der Waals surface area contributed by atoms with Crippen molar-refractivity contribution in [3.63, 3.8) is 0 Å². The average Bonchev–Trinajstić information content (AvgIpc) is 2.63. The minimum absolute atomic E-state index is 0.0431. The van der Waals surface area contributed by atoms with E-state index >= 15 is 0 Å². The SMILES string of the molecule is NC(=O)c1ccc(Cl)cc1OC1CCC(N)C1. The maximum absolute atomic E-state index is 11.2. The number of primary amides is 1. The maximum atomic E-state index is 11.2. The van der Waals surface area contributed by atoms with Crippen LogP contribution in [0.1, 0.15) is 29.6 Å². The number of hydrogen-bond acceptors (Lipinski definition) is 3. The molecule has 2 atom stereocenters. The standard InChI is InChI=1S/C12H15ClN2O2/c13-7-1-4-10(12(15)16)11(5-7)17-9-3-2-8(14)6-9/h1,4-5,8-9H,2-3,6,14H2,(H2,15,16). The average molecular weight is 255 g/mol. The molecule has 0 bridgehead atoms. The van der Waals surface area contributed by atoms with Crippen molar-refractivity contribution in [2.75, 3.05) is 0 Å². The predicted molar refractivity (Wildman–Crippen MR) is 66.2 cm³/mol. The number of ether oxygens (including phenoxy) is 1. The fraction of sp³-hybridized carbons (Fsp3) is 0.417. The summed E-state index contributed by atoms with van der Waals surface area (Å²) < 4.78 is 5.75. The van der Waals surface area contributed by atoms with Crippen LogP contribution in [0.25, 0.3) is 0 Å². The molecule has 0 radical (unpaired) electrons. The van der Waals surface area contributed by atoms with E-state index in [1.165, 1.54) is 0 Å². The smallest absolute Gasteiger partial charge is 0.252 e. The lowest BCUT2D eigenvalue weighted by Crippen LogP contribution is -2.20. The summed E-state index contributed by atoms with van der Waals surface area (Å²) in [5.74, 6) is -0.0666. The Morgan fingerprint density at radius 2 is 2.18 bits per heavy atom. The molecule has 1 aromatic carbocycles. The van der Waals surface area contributed by atoms with Gasteiger partial charge in [-0.05, 0) is 37.5 Å². The molecule has 0 spiro atoms. The van der Waals surface area contributed by atoms with Crippen LogP contribution in [0, 0.1) is 0 Å². The van der Waals surface area contributed by atoms with Gasteiger partial charge in [0.1, 0.15) is 11.9 Å². The van der Waals surface area contributed by atoms with Gasteiger partial charge in [-0.25, -0.2) is 0 Å². The first-order valence-electron chi connectivity index (χ1n) is 5.58. The summed E-state index contributed by atoms with van der Waals surface area (Å²) in [4.78, 5) is 11.2. The number of carbonyl (C=O) groups is 1. The van der Waals surface area contributed by atoms with Gasteiger partial charge in [-0.1, -0.05) is 11.6 Å². The van der Waals surface area contributed by atoms with Crippen molar-refractivity contribution in [1.82, 2.24) is 0 Å². The third kappa shape index (κ3) is 2.90. The summed E-state index contributed by atoms with van der Waals surface area (Å²) in [5, 5.41) is 0.521. The van der Waals surface area contributed by atoms with Crippen molar-refractivity contribution in [3.8, 4) is 5.75 Å². The molecule has 17 heavy (non-hydrogen) atoms. The highest BCUT2D eigenvalue weighted by molar-refractivity contribution is 6.30. The van der Waals surface area contributed by atoms with Gasteiger partial charge in [0.2, 0.25) is 0 Å². The van der Waals surface area contributed by atoms with Crippen LogP contribution >= 0.6 is 11.6 Å². The lowest BCUT2D eigenvalue weighted by atomic mass is 10.2. The van der Waals surface area contributed by atoms with E-state index in [9.17, 15) is 4.79 Å². The first-order chi connectivity index (χ1) is 8.06. The molecule has 2 unspecified atom stereocenters. The molecule has 92 valence electrons. The Hall–Kier alpha value is -1.26. The monoisotopic (exact) mass is 254 g/mol. The Kier molecular flexibility index (Phi) is 3.54. The molecule has 0 aliphatic heterocycles. The zero-order valence-corrected chi connectivity index (χ0v) is 10.1. The number of rotatable bonds is 3. The summed E-state index contributed by atoms with van der Waals surface area (Å²) in [6.45, 7) is 0. The van der Waals surface area contributed by atoms with Crippen LogP contribution in [0.3, 0.4) is 0 Å². The van der Waals surface area contributed by atoms with E-state index < -0.39 is 5.91 Å². The largest absolute Gasteiger partial charge is 0.489 e. The summed E-state index contributed by atoms with van der Waals surface area (Å²) in [5.41, 5.74) is 11.4. The number of benzene rings is 1. The molecule has 1 aliphatic carbocycles. The second-order valence-electron chi connectivity index (χ2n) is 4.32. The molecule has 0 aromatic heterocycles. The van der Waals surface area contributed by atoms with E-state index in [-0.39, 0.29) is 12.1 Å². The molecule has 1 amide bonds. The third-order valence-corrected chi connectivity index (χ3v) is 3.16. The Balaban J connectivity index is 2.19. The molecule has 0 saturated heterocycles. The molecule has 4 nitrogen and oxygen atoms in total. The van der Waals surface area contributed by atoms with Crippen molar-refractivity contribution < 1.29 is 9.53 Å². The lowest BCUT2D eigenvalue weighted by Gasteiger charge is -2.15. The maximum Gasteiger partial charge on any atom is 0.252 e. The number of carbonyl (C=O) groups excluding carboxylic acids is 1. The summed E-state index contributed by atoms with van der Waals surface area (Å²) in [7, 11) is 0. The van der Waals surface area contributed by atoms with Gasteiger partial charge in [-0.15, -0.1) is 0 Å². The number of nitrogens with two attached hydrogens (primary N) is 2. The minimum Gasteiger partial charge on any atom is -0.489 e. The molecule has 1 saturated carbocycles. The highest BCUT2D eigenvalue weighted by Gasteiger charge is 2.24. The van der Waals surface area contributed by atoms with Crippen LogP contribution in [-0.2, 0) is 0 Å². The van der Waals surface area contributed by atoms with E-state index in [4.69, 9.17) is 27.8 Å². The lowest BCUT2D eigenvalue weighted by molar-refractivity contribution is 0.0993. The zero-order valence-electron chi connectivity index (χ0n) is 9.36. The minimum atomic E-state index is -0.515. The van der Waals surface area contributed by atoms with Crippen LogP contribution in [0.4, 0.5) is 0 Å². The van der Waals surface area contributed by atoms with E-state index in [1.807, 2.05) is 0 Å². The Bertz CT molecular complexity index is 437. The highest BCUT2D eigenvalue weighted by atomic mass is 35.5. The van der Waals surface area contributed by atoms with Crippen LogP contribution < -0.4 is 16.2 Å². The Morgan fingerprint density at radius 1 is 1.41 bits per heavy atom. The Labute approximate surface area is 105 Å². The summed E-state index contributed by atoms with van der Waals surface area (Å²) in [6, 6.07) is 4.99. The van der Waals surface area contributed by atoms with E-state index in [0.29, 0.717) is 16.3 Å². The fourth-order valence-corrected chi connectivity index (χ4v) is 2.22. The fourth-order valence-electron chi connectivity index (χ4n) is 2.06. The van der Waals surface area contributed by atoms with Gasteiger partial charge in [0.25, 0.3) is 5.91 Å². The van der Waals surface area contributed by atoms with Gasteiger partial charge in [0.15, 0.2) is 0 Å². The quantitative estimate of drug-likeness (QED) is 0.862. The molecule has 2 rings (SSSR count). The van der Waals surface area contributed by atoms with Gasteiger partial charge in [-0.2, -0.15) is 0 Å². The van der Waals surface area contributed by atoms with Crippen LogP contribution in [-0.4, -0.2) is 18.1 Å². The molecule has 0 heterocycles. The van der Waals surface area contributed by atoms with Gasteiger partial charge in [-0.3, -0.25) is 4.79 Å². The molecule has 5 heteroatoms. The molecule has 1 aliphatic rings. The molecular formula is C12H15ClN2O2. The first kappa shape index (κ1) is 12.2. The summed E-state index contributed by atoms with van der Waals surface area (Å²) in [6.07, 6.45) is 2.68. The van der Waals surface area contributed by atoms with E-state index in [1.54, 1.807) is 18.2 Å². The van der Waals surface area contributed by atoms with E-state index in [0.717, 1.165) is 19.3 Å². The molecule has 4 N–H and O–H groups in total. The number of halogens is 1. The van der Waals surface area contributed by atoms with Crippen molar-refractivity contribution in [1.29, 1.82) is 0 Å². The van der Waals surface area contributed by atoms with Crippen LogP contribution in [0.15, 0.2) is 18.2 Å². The second-order valence-corrected chi connectivity index (χ2v) is 4.75. The van der Waals surface area contributed by atoms with Crippen molar-refractivity contribution >= 4 is 17.5 Å². The Morgan fingerprint density at radius 3 is 2.76 bits per heavy atom. The molecule has 1 fully saturated rings. The van der Waals surface area contributed by atoms with Crippen molar-refractivity contribution in [2.45, 2.75) is 31.4 Å². The second kappa shape index (κ2) is 4.94. The van der Waals surface area contributed by atoms with Gasteiger partial charge >= 0.3 is 0 Å². The zero-order chi connectivity index (χ0) is 12.4. The highest BCUT2D eigenvalue weighted by Crippen LogP contribution is 2.28. The normalized spacial score (nSPS) is 23.6. The van der Waals surface area contributed by atoms with Gasteiger partial charge in [0.05, 0.1) is 5.56 Å². The van der Waals surface area contributed by atoms with Crippen molar-refractivity contribution in [3.05, 3.63) is 28.8 Å². The molecule has 1 aromatic rings. The van der Waals surface area contributed by atoms with Crippen molar-refractivity contribution in [2.24, 2.45) is 11.5 Å². The third-order valence-electron chi connectivity index (χ3n) is 2.93.